The van der Waals surface area contributed by atoms with Crippen molar-refractivity contribution in [2.45, 2.75) is 24.5 Å². The normalized spacial score (nSPS) is 24.5. The van der Waals surface area contributed by atoms with Gasteiger partial charge in [0.2, 0.25) is 0 Å². The Bertz CT molecular complexity index is 1570. The van der Waals surface area contributed by atoms with Crippen LogP contribution in [0.25, 0.3) is 11.2 Å². The van der Waals surface area contributed by atoms with E-state index in [1.54, 1.807) is 0 Å². The Balaban J connectivity index is 1.48. The lowest BCUT2D eigenvalue weighted by molar-refractivity contribution is -0.0503. The molecule has 7 N–H and O–H groups in total. The lowest BCUT2D eigenvalue weighted by Gasteiger charge is -2.19. The van der Waals surface area contributed by atoms with Crippen molar-refractivity contribution in [3.8, 4) is 0 Å². The fourth-order valence-corrected chi connectivity index (χ4v) is 6.55. The fourth-order valence-electron chi connectivity index (χ4n) is 3.52. The summed E-state index contributed by atoms with van der Waals surface area (Å²) in [6, 6.07) is 5.18. The topological polar surface area (TPSA) is 282 Å². The number of benzene rings is 1. The monoisotopic (exact) mass is 629 g/mol. The molecular formula is C17H19FN5O14P3. The van der Waals surface area contributed by atoms with E-state index in [9.17, 15) is 42.9 Å². The molecule has 0 saturated carbocycles. The van der Waals surface area contributed by atoms with Crippen LogP contribution in [0, 0.1) is 5.82 Å². The highest BCUT2D eigenvalue weighted by Crippen LogP contribution is 2.66. The minimum absolute atomic E-state index is 0.0193. The molecule has 218 valence electrons. The van der Waals surface area contributed by atoms with Gasteiger partial charge in [-0.25, -0.2) is 33.0 Å². The first-order chi connectivity index (χ1) is 18.6. The molecule has 0 bridgehead atoms. The molecule has 1 aliphatic rings. The van der Waals surface area contributed by atoms with E-state index in [0.29, 0.717) is 0 Å². The third-order valence-corrected chi connectivity index (χ3v) is 8.94. The number of halogens is 1. The summed E-state index contributed by atoms with van der Waals surface area (Å²) in [6.45, 7) is -1.04. The van der Waals surface area contributed by atoms with Crippen molar-refractivity contribution in [2.24, 2.45) is 0 Å². The van der Waals surface area contributed by atoms with Gasteiger partial charge in [-0.15, -0.1) is 0 Å². The summed E-state index contributed by atoms with van der Waals surface area (Å²) in [4.78, 5) is 60.4. The predicted molar refractivity (Wildman–Crippen MR) is 125 cm³/mol. The van der Waals surface area contributed by atoms with Gasteiger partial charge in [-0.1, -0.05) is 12.1 Å². The summed E-state index contributed by atoms with van der Waals surface area (Å²) in [6.07, 6.45) is -4.40. The number of aromatic nitrogens is 4. The highest BCUT2D eigenvalue weighted by molar-refractivity contribution is 7.66. The van der Waals surface area contributed by atoms with Gasteiger partial charge >= 0.3 is 23.5 Å². The van der Waals surface area contributed by atoms with E-state index in [-0.39, 0.29) is 22.5 Å². The Morgan fingerprint density at radius 3 is 2.40 bits per heavy atom. The summed E-state index contributed by atoms with van der Waals surface area (Å²) in [5.41, 5.74) is -0.317. The average molecular weight is 629 g/mol. The third kappa shape index (κ3) is 7.02. The summed E-state index contributed by atoms with van der Waals surface area (Å²) in [5.74, 6) is -1.75. The van der Waals surface area contributed by atoms with Gasteiger partial charge in [0.25, 0.3) is 5.91 Å². The summed E-state index contributed by atoms with van der Waals surface area (Å²) >= 11 is 0. The van der Waals surface area contributed by atoms with Crippen molar-refractivity contribution in [1.82, 2.24) is 19.5 Å². The standard InChI is InChI=1S/C17H19FN5O14P3/c18-9-4-2-1-3-8(9)16(26)22-14-11-15(20-6-19-14)23(7-21-11)17-13(25)12(24)10(35-17)5-34-39(30,31)37-40(32,33)36-38(27,28)29/h1-4,6-7,10,12-13,17,24-25H,5H2,(H,30,31)(H,32,33)(H2,27,28,29)(H,19,20,22,26)/t10-,12-,13-,17-/m1/s1. The summed E-state index contributed by atoms with van der Waals surface area (Å²) < 4.78 is 66.3. The van der Waals surface area contributed by atoms with Crippen LogP contribution in [0.2, 0.25) is 0 Å². The zero-order valence-corrected chi connectivity index (χ0v) is 22.1. The van der Waals surface area contributed by atoms with E-state index >= 15 is 0 Å². The number of carbonyl (C=O) groups is 1. The van der Waals surface area contributed by atoms with Crippen molar-refractivity contribution in [2.75, 3.05) is 11.9 Å². The van der Waals surface area contributed by atoms with E-state index in [1.165, 1.54) is 18.2 Å². The number of phosphoric acid groups is 3. The molecule has 40 heavy (non-hydrogen) atoms. The van der Waals surface area contributed by atoms with Crippen LogP contribution in [0.1, 0.15) is 16.6 Å². The highest BCUT2D eigenvalue weighted by atomic mass is 31.3. The number of aliphatic hydroxyl groups excluding tert-OH is 2. The number of rotatable bonds is 10. The molecule has 2 aromatic heterocycles. The van der Waals surface area contributed by atoms with Gasteiger partial charge in [-0.05, 0) is 12.1 Å². The number of amides is 1. The molecule has 23 heteroatoms. The van der Waals surface area contributed by atoms with Crippen LogP contribution in [-0.2, 0) is 31.6 Å². The zero-order valence-electron chi connectivity index (χ0n) is 19.4. The van der Waals surface area contributed by atoms with Crippen molar-refractivity contribution >= 4 is 46.4 Å². The molecule has 0 radical (unpaired) electrons. The second kappa shape index (κ2) is 11.4. The summed E-state index contributed by atoms with van der Waals surface area (Å²) in [7, 11) is -16.9. The van der Waals surface area contributed by atoms with Gasteiger partial charge in [-0.2, -0.15) is 8.62 Å². The van der Waals surface area contributed by atoms with Crippen molar-refractivity contribution in [1.29, 1.82) is 0 Å². The smallest absolute Gasteiger partial charge is 0.387 e. The predicted octanol–water partition coefficient (Wildman–Crippen LogP) is 0.180. The van der Waals surface area contributed by atoms with E-state index in [4.69, 9.17) is 14.5 Å². The molecule has 3 heterocycles. The number of aliphatic hydroxyl groups is 2. The molecule has 0 spiro atoms. The van der Waals surface area contributed by atoms with Gasteiger partial charge in [0, 0.05) is 0 Å². The molecule has 1 aliphatic heterocycles. The number of hydrogen-bond acceptors (Lipinski definition) is 13. The molecule has 4 rings (SSSR count). The van der Waals surface area contributed by atoms with Crippen LogP contribution >= 0.6 is 23.5 Å². The van der Waals surface area contributed by atoms with Crippen LogP contribution in [0.15, 0.2) is 36.9 Å². The maximum absolute atomic E-state index is 14.0. The van der Waals surface area contributed by atoms with E-state index in [2.05, 4.69) is 33.4 Å². The van der Waals surface area contributed by atoms with E-state index in [1.807, 2.05) is 0 Å². The first-order valence-corrected chi connectivity index (χ1v) is 15.1. The van der Waals surface area contributed by atoms with Crippen LogP contribution in [-0.4, -0.2) is 80.1 Å². The van der Waals surface area contributed by atoms with Crippen molar-refractivity contribution in [3.63, 3.8) is 0 Å². The van der Waals surface area contributed by atoms with Gasteiger partial charge < -0.3 is 39.8 Å². The minimum Gasteiger partial charge on any atom is -0.387 e. The number of nitrogens with one attached hydrogen (secondary N) is 1. The maximum atomic E-state index is 14.0. The summed E-state index contributed by atoms with van der Waals surface area (Å²) in [5, 5.41) is 23.2. The van der Waals surface area contributed by atoms with Gasteiger partial charge in [-0.3, -0.25) is 13.9 Å². The van der Waals surface area contributed by atoms with Crippen LogP contribution in [0.4, 0.5) is 10.2 Å². The quantitative estimate of drug-likeness (QED) is 0.147. The molecule has 1 saturated heterocycles. The highest BCUT2D eigenvalue weighted by Gasteiger charge is 2.47. The Labute approximate surface area is 221 Å². The molecule has 1 amide bonds. The number of carbonyl (C=O) groups excluding carboxylic acids is 1. The maximum Gasteiger partial charge on any atom is 0.490 e. The first kappa shape index (κ1) is 30.4. The molecule has 6 atom stereocenters. The van der Waals surface area contributed by atoms with Crippen LogP contribution in [0.5, 0.6) is 0 Å². The number of imidazole rings is 1. The van der Waals surface area contributed by atoms with Gasteiger partial charge in [0.05, 0.1) is 18.5 Å². The third-order valence-electron chi connectivity index (χ3n) is 5.14. The molecule has 19 nitrogen and oxygen atoms in total. The largest absolute Gasteiger partial charge is 0.490 e. The zero-order chi connectivity index (χ0) is 29.5. The second-order valence-electron chi connectivity index (χ2n) is 7.91. The fraction of sp³-hybridized carbons (Fsp3) is 0.294. The molecule has 3 aromatic rings. The number of fused-ring (bicyclic) bond motifs is 1. The minimum atomic E-state index is -5.77. The van der Waals surface area contributed by atoms with Gasteiger partial charge in [0.1, 0.15) is 30.5 Å². The molecular weight excluding hydrogens is 610 g/mol. The SMILES string of the molecule is O=C(Nc1ncnc2c1ncn2[C@@H]1O[C@H](COP(=O)(O)OP(=O)(O)OP(=O)(O)O)[C@@H](O)[C@H]1O)c1ccccc1F. The Morgan fingerprint density at radius 2 is 1.73 bits per heavy atom. The van der Waals surface area contributed by atoms with Crippen molar-refractivity contribution < 1.29 is 70.5 Å². The number of ether oxygens (including phenoxy) is 1. The van der Waals surface area contributed by atoms with Crippen LogP contribution < -0.4 is 5.32 Å². The molecule has 0 aliphatic carbocycles. The van der Waals surface area contributed by atoms with Crippen molar-refractivity contribution in [3.05, 3.63) is 48.3 Å². The average Bonchev–Trinajstić information content (AvgIpc) is 3.37. The van der Waals surface area contributed by atoms with E-state index in [0.717, 1.165) is 23.3 Å². The number of nitrogens with zero attached hydrogens (tertiary/aromatic N) is 4. The molecule has 1 aromatic carbocycles. The second-order valence-corrected chi connectivity index (χ2v) is 12.3. The van der Waals surface area contributed by atoms with E-state index < -0.39 is 66.3 Å². The first-order valence-electron chi connectivity index (χ1n) is 10.6. The van der Waals surface area contributed by atoms with Crippen LogP contribution in [0.3, 0.4) is 0 Å². The number of anilines is 1. The number of phosphoric ester groups is 1. The Hall–Kier alpha value is -2.54. The van der Waals surface area contributed by atoms with Gasteiger partial charge in [0.15, 0.2) is 23.2 Å². The molecule has 2 unspecified atom stereocenters. The lowest BCUT2D eigenvalue weighted by atomic mass is 10.1. The molecule has 1 fully saturated rings. The number of hydrogen-bond donors (Lipinski definition) is 7. The lowest BCUT2D eigenvalue weighted by Crippen LogP contribution is -2.33. The Kier molecular flexibility index (Phi) is 8.66. The Morgan fingerprint density at radius 1 is 1.02 bits per heavy atom.